The molecule has 2 aromatic rings. The number of carbonyl (C=O) groups is 1. The third kappa shape index (κ3) is 3.86. The second kappa shape index (κ2) is 7.22. The fraction of sp³-hybridized carbons (Fsp3) is 0.389. The second-order valence-electron chi connectivity index (χ2n) is 5.67. The Morgan fingerprint density at radius 3 is 2.04 bits per heavy atom. The molecule has 2 rings (SSSR count). The van der Waals surface area contributed by atoms with Gasteiger partial charge in [-0.05, 0) is 45.7 Å². The molecule has 0 spiro atoms. The number of hydrogen-bond donors (Lipinski definition) is 1. The lowest BCUT2D eigenvalue weighted by Crippen LogP contribution is -2.24. The van der Waals surface area contributed by atoms with E-state index in [2.05, 4.69) is 41.3 Å². The van der Waals surface area contributed by atoms with Crippen LogP contribution in [0.3, 0.4) is 0 Å². The Bertz CT molecular complexity index is 668. The van der Waals surface area contributed by atoms with Crippen molar-refractivity contribution in [1.82, 2.24) is 9.97 Å². The predicted molar refractivity (Wildman–Crippen MR) is 94.2 cm³/mol. The summed E-state index contributed by atoms with van der Waals surface area (Å²) in [6.45, 7) is 11.8. The number of nitrogens with one attached hydrogen (secondary N) is 1. The molecule has 122 valence electrons. The fourth-order valence-electron chi connectivity index (χ4n) is 2.67. The standard InChI is InChI=1S/C18H24N4O/c1-6-22(7-2)18-19-10-15(11-20-18)17(23)21-16-13(4)8-12(3)9-14(16)5/h8-11H,6-7H2,1-5H3,(H,21,23). The minimum Gasteiger partial charge on any atom is -0.341 e. The van der Waals surface area contributed by atoms with Gasteiger partial charge in [0.2, 0.25) is 5.95 Å². The van der Waals surface area contributed by atoms with Crippen molar-refractivity contribution in [3.05, 3.63) is 46.8 Å². The van der Waals surface area contributed by atoms with E-state index < -0.39 is 0 Å². The van der Waals surface area contributed by atoms with Crippen LogP contribution in [0.25, 0.3) is 0 Å². The fourth-order valence-corrected chi connectivity index (χ4v) is 2.67. The highest BCUT2D eigenvalue weighted by Crippen LogP contribution is 2.22. The Morgan fingerprint density at radius 1 is 1.04 bits per heavy atom. The van der Waals surface area contributed by atoms with E-state index >= 15 is 0 Å². The molecule has 1 N–H and O–H groups in total. The van der Waals surface area contributed by atoms with E-state index in [9.17, 15) is 4.79 Å². The topological polar surface area (TPSA) is 58.1 Å². The van der Waals surface area contributed by atoms with Crippen LogP contribution in [-0.4, -0.2) is 29.0 Å². The number of hydrogen-bond acceptors (Lipinski definition) is 4. The molecule has 0 bridgehead atoms. The van der Waals surface area contributed by atoms with E-state index in [0.29, 0.717) is 11.5 Å². The Balaban J connectivity index is 2.19. The van der Waals surface area contributed by atoms with Crippen LogP contribution in [-0.2, 0) is 0 Å². The normalized spacial score (nSPS) is 10.5. The zero-order valence-electron chi connectivity index (χ0n) is 14.5. The third-order valence-electron chi connectivity index (χ3n) is 3.86. The lowest BCUT2D eigenvalue weighted by Gasteiger charge is -2.18. The quantitative estimate of drug-likeness (QED) is 0.918. The van der Waals surface area contributed by atoms with Crippen LogP contribution in [0.5, 0.6) is 0 Å². The summed E-state index contributed by atoms with van der Waals surface area (Å²) >= 11 is 0. The number of anilines is 2. The number of rotatable bonds is 5. The maximum absolute atomic E-state index is 12.4. The first kappa shape index (κ1) is 16.9. The van der Waals surface area contributed by atoms with Gasteiger partial charge in [0.1, 0.15) is 0 Å². The molecule has 0 aliphatic carbocycles. The molecule has 1 heterocycles. The number of benzene rings is 1. The Hall–Kier alpha value is -2.43. The van der Waals surface area contributed by atoms with Crippen LogP contribution >= 0.6 is 0 Å². The van der Waals surface area contributed by atoms with Gasteiger partial charge in [-0.1, -0.05) is 17.7 Å². The maximum Gasteiger partial charge on any atom is 0.258 e. The van der Waals surface area contributed by atoms with Gasteiger partial charge >= 0.3 is 0 Å². The van der Waals surface area contributed by atoms with E-state index in [-0.39, 0.29) is 5.91 Å². The molecule has 23 heavy (non-hydrogen) atoms. The summed E-state index contributed by atoms with van der Waals surface area (Å²) in [5, 5.41) is 2.97. The molecule has 1 aromatic carbocycles. The monoisotopic (exact) mass is 312 g/mol. The molecule has 0 radical (unpaired) electrons. The van der Waals surface area contributed by atoms with Crippen molar-refractivity contribution in [3.63, 3.8) is 0 Å². The molecule has 1 amide bonds. The van der Waals surface area contributed by atoms with Crippen molar-refractivity contribution < 1.29 is 4.79 Å². The van der Waals surface area contributed by atoms with Gasteiger partial charge in [-0.2, -0.15) is 0 Å². The van der Waals surface area contributed by atoms with Gasteiger partial charge in [0.05, 0.1) is 5.56 Å². The Kier molecular flexibility index (Phi) is 5.32. The summed E-state index contributed by atoms with van der Waals surface area (Å²) in [5.74, 6) is 0.459. The van der Waals surface area contributed by atoms with Gasteiger partial charge in [-0.25, -0.2) is 9.97 Å². The largest absolute Gasteiger partial charge is 0.341 e. The van der Waals surface area contributed by atoms with Crippen LogP contribution < -0.4 is 10.2 Å². The lowest BCUT2D eigenvalue weighted by atomic mass is 10.0. The highest BCUT2D eigenvalue weighted by atomic mass is 16.1. The average Bonchev–Trinajstić information content (AvgIpc) is 2.52. The first-order chi connectivity index (χ1) is 11.0. The zero-order chi connectivity index (χ0) is 17.0. The maximum atomic E-state index is 12.4. The molecule has 5 nitrogen and oxygen atoms in total. The highest BCUT2D eigenvalue weighted by molar-refractivity contribution is 6.04. The molecule has 0 unspecified atom stereocenters. The molecule has 0 atom stereocenters. The summed E-state index contributed by atoms with van der Waals surface area (Å²) in [6.07, 6.45) is 3.16. The molecule has 0 fully saturated rings. The van der Waals surface area contributed by atoms with E-state index in [1.54, 1.807) is 12.4 Å². The van der Waals surface area contributed by atoms with Gasteiger partial charge in [0.25, 0.3) is 5.91 Å². The van der Waals surface area contributed by atoms with E-state index in [0.717, 1.165) is 29.9 Å². The van der Waals surface area contributed by atoms with E-state index in [1.807, 2.05) is 25.7 Å². The number of amides is 1. The van der Waals surface area contributed by atoms with Crippen molar-refractivity contribution >= 4 is 17.5 Å². The molecule has 0 aliphatic heterocycles. The van der Waals surface area contributed by atoms with Crippen molar-refractivity contribution in [2.45, 2.75) is 34.6 Å². The Labute approximate surface area is 137 Å². The van der Waals surface area contributed by atoms with Gasteiger partial charge in [-0.15, -0.1) is 0 Å². The van der Waals surface area contributed by atoms with Crippen LogP contribution in [0.2, 0.25) is 0 Å². The molecule has 0 saturated heterocycles. The summed E-state index contributed by atoms with van der Waals surface area (Å²) < 4.78 is 0. The van der Waals surface area contributed by atoms with Gasteiger partial charge in [0.15, 0.2) is 0 Å². The van der Waals surface area contributed by atoms with Crippen LogP contribution in [0.1, 0.15) is 40.9 Å². The Morgan fingerprint density at radius 2 is 1.57 bits per heavy atom. The first-order valence-corrected chi connectivity index (χ1v) is 7.92. The smallest absolute Gasteiger partial charge is 0.258 e. The summed E-state index contributed by atoms with van der Waals surface area (Å²) in [5.41, 5.74) is 4.60. The van der Waals surface area contributed by atoms with Crippen molar-refractivity contribution in [3.8, 4) is 0 Å². The molecule has 0 aliphatic rings. The zero-order valence-corrected chi connectivity index (χ0v) is 14.5. The molecule has 1 aromatic heterocycles. The second-order valence-corrected chi connectivity index (χ2v) is 5.67. The SMILES string of the molecule is CCN(CC)c1ncc(C(=O)Nc2c(C)cc(C)cc2C)cn1. The van der Waals surface area contributed by atoms with Crippen molar-refractivity contribution in [2.75, 3.05) is 23.3 Å². The molecular weight excluding hydrogens is 288 g/mol. The molecular formula is C18H24N4O. The number of nitrogens with zero attached hydrogens (tertiary/aromatic N) is 3. The van der Waals surface area contributed by atoms with Gasteiger partial charge in [-0.3, -0.25) is 4.79 Å². The summed E-state index contributed by atoms with van der Waals surface area (Å²) in [7, 11) is 0. The van der Waals surface area contributed by atoms with E-state index in [4.69, 9.17) is 0 Å². The lowest BCUT2D eigenvalue weighted by molar-refractivity contribution is 0.102. The number of aryl methyl sites for hydroxylation is 3. The average molecular weight is 312 g/mol. The van der Waals surface area contributed by atoms with Crippen LogP contribution in [0.15, 0.2) is 24.5 Å². The van der Waals surface area contributed by atoms with Gasteiger partial charge < -0.3 is 10.2 Å². The van der Waals surface area contributed by atoms with Gasteiger partial charge in [0, 0.05) is 31.2 Å². The third-order valence-corrected chi connectivity index (χ3v) is 3.86. The van der Waals surface area contributed by atoms with Crippen LogP contribution in [0.4, 0.5) is 11.6 Å². The molecule has 0 saturated carbocycles. The minimum absolute atomic E-state index is 0.189. The van der Waals surface area contributed by atoms with Crippen LogP contribution in [0, 0.1) is 20.8 Å². The van der Waals surface area contributed by atoms with Crippen molar-refractivity contribution in [2.24, 2.45) is 0 Å². The number of aromatic nitrogens is 2. The first-order valence-electron chi connectivity index (χ1n) is 7.92. The van der Waals surface area contributed by atoms with Crippen molar-refractivity contribution in [1.29, 1.82) is 0 Å². The summed E-state index contributed by atoms with van der Waals surface area (Å²) in [6, 6.07) is 4.12. The van der Waals surface area contributed by atoms with E-state index in [1.165, 1.54) is 5.56 Å². The predicted octanol–water partition coefficient (Wildman–Crippen LogP) is 3.50. The molecule has 5 heteroatoms. The highest BCUT2D eigenvalue weighted by Gasteiger charge is 2.12. The summed E-state index contributed by atoms with van der Waals surface area (Å²) in [4.78, 5) is 23.0. The minimum atomic E-state index is -0.189. The number of carbonyl (C=O) groups excluding carboxylic acids is 1.